The number of carbonyl (C=O) groups is 1. The van der Waals surface area contributed by atoms with Gasteiger partial charge in [-0.05, 0) is 24.2 Å². The molecule has 0 saturated heterocycles. The lowest BCUT2D eigenvalue weighted by molar-refractivity contribution is -0.112. The molecule has 2 heteroatoms. The van der Waals surface area contributed by atoms with Crippen LogP contribution >= 0.6 is 0 Å². The maximum Gasteiger partial charge on any atom is 0.123 e. The van der Waals surface area contributed by atoms with Crippen molar-refractivity contribution in [3.8, 4) is 0 Å². The van der Waals surface area contributed by atoms with Gasteiger partial charge in [0.25, 0.3) is 0 Å². The van der Waals surface area contributed by atoms with E-state index in [2.05, 4.69) is 6.92 Å². The van der Waals surface area contributed by atoms with Gasteiger partial charge in [0, 0.05) is 12.5 Å². The minimum absolute atomic E-state index is 0.118. The van der Waals surface area contributed by atoms with Crippen LogP contribution in [0.4, 0.5) is 0 Å². The average Bonchev–Trinajstić information content (AvgIpc) is 2.45. The fourth-order valence-electron chi connectivity index (χ4n) is 2.37. The number of rotatable bonds is 3. The number of aldehydes is 1. The van der Waals surface area contributed by atoms with E-state index in [0.29, 0.717) is 17.8 Å². The molecule has 1 fully saturated rings. The Morgan fingerprint density at radius 1 is 1.58 bits per heavy atom. The van der Waals surface area contributed by atoms with Crippen LogP contribution < -0.4 is 0 Å². The Morgan fingerprint density at radius 2 is 2.25 bits per heavy atom. The molecule has 0 bridgehead atoms. The minimum atomic E-state index is 0.118. The Morgan fingerprint density at radius 3 is 2.75 bits per heavy atom. The number of carbonyl (C=O) groups excluding carboxylic acids is 1. The van der Waals surface area contributed by atoms with Gasteiger partial charge in [-0.3, -0.25) is 0 Å². The van der Waals surface area contributed by atoms with Crippen LogP contribution in [0.25, 0.3) is 0 Å². The van der Waals surface area contributed by atoms with Crippen molar-refractivity contribution in [2.45, 2.75) is 26.7 Å². The van der Waals surface area contributed by atoms with Crippen molar-refractivity contribution in [3.63, 3.8) is 0 Å². The van der Waals surface area contributed by atoms with Gasteiger partial charge in [-0.2, -0.15) is 0 Å². The molecule has 0 aromatic rings. The van der Waals surface area contributed by atoms with Crippen LogP contribution in [0.1, 0.15) is 26.7 Å². The molecule has 0 heterocycles. The lowest BCUT2D eigenvalue weighted by Gasteiger charge is -2.22. The van der Waals surface area contributed by atoms with E-state index >= 15 is 0 Å². The minimum Gasteiger partial charge on any atom is -0.396 e. The molecular formula is C10H18O2. The fraction of sp³-hybridized carbons (Fsp3) is 0.900. The molecule has 0 aromatic carbocycles. The summed E-state index contributed by atoms with van der Waals surface area (Å²) in [5.41, 5.74) is 0. The monoisotopic (exact) mass is 170 g/mol. The van der Waals surface area contributed by atoms with Crippen LogP contribution in [0.2, 0.25) is 0 Å². The zero-order valence-corrected chi connectivity index (χ0v) is 7.86. The quantitative estimate of drug-likeness (QED) is 0.651. The number of aliphatic hydroxyl groups excluding tert-OH is 1. The topological polar surface area (TPSA) is 37.3 Å². The first-order valence-corrected chi connectivity index (χ1v) is 4.76. The predicted octanol–water partition coefficient (Wildman–Crippen LogP) is 1.48. The molecule has 0 aromatic heterocycles. The molecule has 0 amide bonds. The van der Waals surface area contributed by atoms with Crippen molar-refractivity contribution in [3.05, 3.63) is 0 Å². The lowest BCUT2D eigenvalue weighted by atomic mass is 9.83. The largest absolute Gasteiger partial charge is 0.396 e. The summed E-state index contributed by atoms with van der Waals surface area (Å²) in [7, 11) is 0. The van der Waals surface area contributed by atoms with Crippen molar-refractivity contribution in [1.82, 2.24) is 0 Å². The predicted molar refractivity (Wildman–Crippen MR) is 47.7 cm³/mol. The second-order valence-electron chi connectivity index (χ2n) is 4.06. The summed E-state index contributed by atoms with van der Waals surface area (Å²) in [5, 5.41) is 9.14. The van der Waals surface area contributed by atoms with Crippen LogP contribution in [0.15, 0.2) is 0 Å². The highest BCUT2D eigenvalue weighted by molar-refractivity contribution is 5.53. The molecule has 1 rings (SSSR count). The standard InChI is InChI=1S/C10H18O2/c1-7-3-4-9(8(2)5-11)10(7)6-12/h5,7-10,12H,3-4,6H2,1-2H3. The fourth-order valence-corrected chi connectivity index (χ4v) is 2.37. The summed E-state index contributed by atoms with van der Waals surface area (Å²) in [6.07, 6.45) is 3.28. The summed E-state index contributed by atoms with van der Waals surface area (Å²) < 4.78 is 0. The van der Waals surface area contributed by atoms with E-state index in [9.17, 15) is 4.79 Å². The van der Waals surface area contributed by atoms with E-state index < -0.39 is 0 Å². The van der Waals surface area contributed by atoms with E-state index in [1.807, 2.05) is 6.92 Å². The maximum atomic E-state index is 10.6. The molecule has 0 spiro atoms. The molecule has 12 heavy (non-hydrogen) atoms. The summed E-state index contributed by atoms with van der Waals surface area (Å²) in [6.45, 7) is 4.36. The smallest absolute Gasteiger partial charge is 0.123 e. The van der Waals surface area contributed by atoms with Crippen LogP contribution in [0.5, 0.6) is 0 Å². The highest BCUT2D eigenvalue weighted by Gasteiger charge is 2.35. The van der Waals surface area contributed by atoms with Crippen molar-refractivity contribution in [2.75, 3.05) is 6.61 Å². The van der Waals surface area contributed by atoms with Gasteiger partial charge in [0.2, 0.25) is 0 Å². The van der Waals surface area contributed by atoms with Gasteiger partial charge in [0.15, 0.2) is 0 Å². The van der Waals surface area contributed by atoms with Gasteiger partial charge >= 0.3 is 0 Å². The zero-order valence-electron chi connectivity index (χ0n) is 7.86. The SMILES string of the molecule is CC(C=O)C1CCC(C)C1CO. The number of hydrogen-bond donors (Lipinski definition) is 1. The van der Waals surface area contributed by atoms with Crippen molar-refractivity contribution < 1.29 is 9.90 Å². The Hall–Kier alpha value is -0.370. The molecule has 2 nitrogen and oxygen atoms in total. The third-order valence-electron chi connectivity index (χ3n) is 3.34. The first-order valence-electron chi connectivity index (χ1n) is 4.76. The molecule has 4 atom stereocenters. The van der Waals surface area contributed by atoms with Crippen molar-refractivity contribution in [1.29, 1.82) is 0 Å². The number of hydrogen-bond acceptors (Lipinski definition) is 2. The summed E-state index contributed by atoms with van der Waals surface area (Å²) in [5.74, 6) is 1.47. The average molecular weight is 170 g/mol. The second-order valence-corrected chi connectivity index (χ2v) is 4.06. The van der Waals surface area contributed by atoms with E-state index in [4.69, 9.17) is 5.11 Å². The molecule has 0 aliphatic heterocycles. The summed E-state index contributed by atoms with van der Waals surface area (Å²) in [6, 6.07) is 0. The maximum absolute atomic E-state index is 10.6. The normalized spacial score (nSPS) is 38.1. The molecule has 1 saturated carbocycles. The second kappa shape index (κ2) is 4.04. The summed E-state index contributed by atoms with van der Waals surface area (Å²) >= 11 is 0. The molecule has 1 aliphatic rings. The lowest BCUT2D eigenvalue weighted by Crippen LogP contribution is -2.23. The first-order chi connectivity index (χ1) is 5.70. The number of aliphatic hydroxyl groups is 1. The molecule has 4 unspecified atom stereocenters. The van der Waals surface area contributed by atoms with Gasteiger partial charge in [0.05, 0.1) is 0 Å². The van der Waals surface area contributed by atoms with E-state index in [1.54, 1.807) is 0 Å². The van der Waals surface area contributed by atoms with Crippen LogP contribution in [0.3, 0.4) is 0 Å². The van der Waals surface area contributed by atoms with E-state index in [0.717, 1.165) is 19.1 Å². The Labute approximate surface area is 74.0 Å². The Balaban J connectivity index is 2.59. The Bertz CT molecular complexity index is 156. The molecule has 1 aliphatic carbocycles. The van der Waals surface area contributed by atoms with Gasteiger partial charge in [-0.15, -0.1) is 0 Å². The highest BCUT2D eigenvalue weighted by atomic mass is 16.3. The highest BCUT2D eigenvalue weighted by Crippen LogP contribution is 2.39. The third kappa shape index (κ3) is 1.69. The van der Waals surface area contributed by atoms with Gasteiger partial charge < -0.3 is 9.90 Å². The molecule has 70 valence electrons. The van der Waals surface area contributed by atoms with Gasteiger partial charge in [-0.1, -0.05) is 20.3 Å². The van der Waals surface area contributed by atoms with E-state index in [-0.39, 0.29) is 12.5 Å². The van der Waals surface area contributed by atoms with Gasteiger partial charge in [0.1, 0.15) is 6.29 Å². The van der Waals surface area contributed by atoms with Crippen molar-refractivity contribution in [2.24, 2.45) is 23.7 Å². The zero-order chi connectivity index (χ0) is 9.14. The molecule has 0 radical (unpaired) electrons. The third-order valence-corrected chi connectivity index (χ3v) is 3.34. The van der Waals surface area contributed by atoms with E-state index in [1.165, 1.54) is 0 Å². The molecule has 1 N–H and O–H groups in total. The van der Waals surface area contributed by atoms with Crippen molar-refractivity contribution >= 4 is 6.29 Å². The first kappa shape index (κ1) is 9.72. The van der Waals surface area contributed by atoms with Gasteiger partial charge in [-0.25, -0.2) is 0 Å². The van der Waals surface area contributed by atoms with Crippen LogP contribution in [-0.4, -0.2) is 18.0 Å². The molecular weight excluding hydrogens is 152 g/mol. The van der Waals surface area contributed by atoms with Crippen LogP contribution in [-0.2, 0) is 4.79 Å². The van der Waals surface area contributed by atoms with Crippen LogP contribution in [0, 0.1) is 23.7 Å². The Kier molecular flexibility index (Phi) is 3.27. The summed E-state index contributed by atoms with van der Waals surface area (Å²) in [4.78, 5) is 10.6.